The quantitative estimate of drug-likeness (QED) is 0.773. The van der Waals surface area contributed by atoms with E-state index < -0.39 is 0 Å². The summed E-state index contributed by atoms with van der Waals surface area (Å²) in [7, 11) is 1.64. The Labute approximate surface area is 139 Å². The second-order valence-electron chi connectivity index (χ2n) is 6.24. The molecule has 1 amide bonds. The van der Waals surface area contributed by atoms with Crippen LogP contribution in [0.2, 0.25) is 0 Å². The first-order valence-corrected chi connectivity index (χ1v) is 8.38. The Morgan fingerprint density at radius 1 is 1.22 bits per heavy atom. The average molecular weight is 319 g/mol. The number of rotatable bonds is 7. The molecule has 0 saturated carbocycles. The number of nitrogens with one attached hydrogen (secondary N) is 1. The minimum Gasteiger partial charge on any atom is -0.383 e. The predicted octanol–water partition coefficient (Wildman–Crippen LogP) is 1.44. The molecule has 1 fully saturated rings. The first kappa shape index (κ1) is 17.9. The van der Waals surface area contributed by atoms with E-state index >= 15 is 0 Å². The first-order valence-electron chi connectivity index (χ1n) is 8.38. The SMILES string of the molecule is COCCNC(=O)CN1CCN(C(C)c2ccc(C)cc2)CC1. The molecule has 2 rings (SSSR count). The highest BCUT2D eigenvalue weighted by Gasteiger charge is 2.23. The third-order valence-electron chi connectivity index (χ3n) is 4.51. The van der Waals surface area contributed by atoms with Crippen molar-refractivity contribution in [1.29, 1.82) is 0 Å². The summed E-state index contributed by atoms with van der Waals surface area (Å²) in [6.45, 7) is 9.88. The van der Waals surface area contributed by atoms with Crippen molar-refractivity contribution < 1.29 is 9.53 Å². The topological polar surface area (TPSA) is 44.8 Å². The summed E-state index contributed by atoms with van der Waals surface area (Å²) in [6.07, 6.45) is 0. The first-order chi connectivity index (χ1) is 11.1. The number of ether oxygens (including phenoxy) is 1. The van der Waals surface area contributed by atoms with E-state index in [4.69, 9.17) is 4.74 Å². The number of piperazine rings is 1. The van der Waals surface area contributed by atoms with Crippen molar-refractivity contribution in [2.45, 2.75) is 19.9 Å². The van der Waals surface area contributed by atoms with Gasteiger partial charge in [-0.15, -0.1) is 0 Å². The fourth-order valence-corrected chi connectivity index (χ4v) is 2.92. The Balaban J connectivity index is 1.75. The summed E-state index contributed by atoms with van der Waals surface area (Å²) >= 11 is 0. The molecule has 0 spiro atoms. The van der Waals surface area contributed by atoms with E-state index in [9.17, 15) is 4.79 Å². The van der Waals surface area contributed by atoms with Gasteiger partial charge in [0.15, 0.2) is 0 Å². The van der Waals surface area contributed by atoms with Gasteiger partial charge in [0, 0.05) is 45.9 Å². The summed E-state index contributed by atoms with van der Waals surface area (Å²) in [5, 5.41) is 2.88. The van der Waals surface area contributed by atoms with E-state index in [1.165, 1.54) is 11.1 Å². The van der Waals surface area contributed by atoms with Crippen molar-refractivity contribution in [2.75, 3.05) is 53.0 Å². The van der Waals surface area contributed by atoms with Gasteiger partial charge in [0.25, 0.3) is 0 Å². The molecule has 23 heavy (non-hydrogen) atoms. The third kappa shape index (κ3) is 5.61. The maximum atomic E-state index is 11.8. The Hall–Kier alpha value is -1.43. The van der Waals surface area contributed by atoms with Gasteiger partial charge in [-0.05, 0) is 19.4 Å². The number of carbonyl (C=O) groups excluding carboxylic acids is 1. The van der Waals surface area contributed by atoms with Crippen molar-refractivity contribution in [3.63, 3.8) is 0 Å². The van der Waals surface area contributed by atoms with Gasteiger partial charge in [0.1, 0.15) is 0 Å². The van der Waals surface area contributed by atoms with Crippen LogP contribution in [0.25, 0.3) is 0 Å². The maximum Gasteiger partial charge on any atom is 0.234 e. The average Bonchev–Trinajstić information content (AvgIpc) is 2.56. The van der Waals surface area contributed by atoms with Crippen LogP contribution in [0.5, 0.6) is 0 Å². The van der Waals surface area contributed by atoms with Crippen LogP contribution in [0.4, 0.5) is 0 Å². The van der Waals surface area contributed by atoms with Crippen LogP contribution in [0.15, 0.2) is 24.3 Å². The highest BCUT2D eigenvalue weighted by atomic mass is 16.5. The minimum atomic E-state index is 0.0853. The number of nitrogens with zero attached hydrogens (tertiary/aromatic N) is 2. The lowest BCUT2D eigenvalue weighted by Crippen LogP contribution is -2.50. The zero-order valence-electron chi connectivity index (χ0n) is 14.5. The smallest absolute Gasteiger partial charge is 0.234 e. The van der Waals surface area contributed by atoms with Gasteiger partial charge in [0.05, 0.1) is 13.2 Å². The summed E-state index contributed by atoms with van der Waals surface area (Å²) < 4.78 is 4.94. The van der Waals surface area contributed by atoms with Crippen LogP contribution in [0.1, 0.15) is 24.1 Å². The van der Waals surface area contributed by atoms with Crippen molar-refractivity contribution in [3.8, 4) is 0 Å². The molecule has 0 bridgehead atoms. The molecule has 1 N–H and O–H groups in total. The Bertz CT molecular complexity index is 482. The van der Waals surface area contributed by atoms with Gasteiger partial charge in [-0.25, -0.2) is 0 Å². The largest absolute Gasteiger partial charge is 0.383 e. The van der Waals surface area contributed by atoms with Crippen LogP contribution in [0, 0.1) is 6.92 Å². The lowest BCUT2D eigenvalue weighted by atomic mass is 10.0. The second kappa shape index (κ2) is 9.01. The summed E-state index contributed by atoms with van der Waals surface area (Å²) in [5.41, 5.74) is 2.66. The monoisotopic (exact) mass is 319 g/mol. The van der Waals surface area contributed by atoms with E-state index in [0.717, 1.165) is 26.2 Å². The van der Waals surface area contributed by atoms with Crippen LogP contribution in [-0.2, 0) is 9.53 Å². The number of aryl methyl sites for hydroxylation is 1. The lowest BCUT2D eigenvalue weighted by Gasteiger charge is -2.38. The fourth-order valence-electron chi connectivity index (χ4n) is 2.92. The Kier molecular flexibility index (Phi) is 7.02. The summed E-state index contributed by atoms with van der Waals surface area (Å²) in [4.78, 5) is 16.5. The lowest BCUT2D eigenvalue weighted by molar-refractivity contribution is -0.122. The molecule has 5 nitrogen and oxygen atoms in total. The zero-order valence-corrected chi connectivity index (χ0v) is 14.5. The normalized spacial score (nSPS) is 17.9. The van der Waals surface area contributed by atoms with Gasteiger partial charge < -0.3 is 10.1 Å². The van der Waals surface area contributed by atoms with Gasteiger partial charge >= 0.3 is 0 Å². The molecule has 1 aromatic rings. The van der Waals surface area contributed by atoms with E-state index in [0.29, 0.717) is 25.7 Å². The third-order valence-corrected chi connectivity index (χ3v) is 4.51. The maximum absolute atomic E-state index is 11.8. The molecule has 0 radical (unpaired) electrons. The Morgan fingerprint density at radius 2 is 1.87 bits per heavy atom. The molecule has 1 saturated heterocycles. The Morgan fingerprint density at radius 3 is 2.48 bits per heavy atom. The second-order valence-corrected chi connectivity index (χ2v) is 6.24. The molecule has 0 aromatic heterocycles. The molecule has 0 aliphatic carbocycles. The molecule has 1 aromatic carbocycles. The molecule has 1 unspecified atom stereocenters. The number of hydrogen-bond donors (Lipinski definition) is 1. The molecular weight excluding hydrogens is 290 g/mol. The van der Waals surface area contributed by atoms with Crippen molar-refractivity contribution in [3.05, 3.63) is 35.4 Å². The number of amides is 1. The molecule has 1 atom stereocenters. The van der Waals surface area contributed by atoms with Crippen LogP contribution in [-0.4, -0.2) is 68.7 Å². The van der Waals surface area contributed by atoms with Gasteiger partial charge in [0.2, 0.25) is 5.91 Å². The number of hydrogen-bond acceptors (Lipinski definition) is 4. The molecule has 1 aliphatic heterocycles. The molecule has 5 heteroatoms. The predicted molar refractivity (Wildman–Crippen MR) is 92.5 cm³/mol. The van der Waals surface area contributed by atoms with Crippen molar-refractivity contribution >= 4 is 5.91 Å². The highest BCUT2D eigenvalue weighted by Crippen LogP contribution is 2.21. The van der Waals surface area contributed by atoms with Crippen LogP contribution in [0.3, 0.4) is 0 Å². The van der Waals surface area contributed by atoms with Crippen LogP contribution >= 0.6 is 0 Å². The van der Waals surface area contributed by atoms with E-state index in [1.807, 2.05) is 0 Å². The minimum absolute atomic E-state index is 0.0853. The number of benzene rings is 1. The number of carbonyl (C=O) groups is 1. The molecular formula is C18H29N3O2. The molecule has 128 valence electrons. The van der Waals surface area contributed by atoms with Crippen molar-refractivity contribution in [1.82, 2.24) is 15.1 Å². The van der Waals surface area contributed by atoms with Crippen LogP contribution < -0.4 is 5.32 Å². The summed E-state index contributed by atoms with van der Waals surface area (Å²) in [6, 6.07) is 9.21. The zero-order chi connectivity index (χ0) is 16.7. The van der Waals surface area contributed by atoms with E-state index in [1.54, 1.807) is 7.11 Å². The fraction of sp³-hybridized carbons (Fsp3) is 0.611. The van der Waals surface area contributed by atoms with E-state index in [-0.39, 0.29) is 5.91 Å². The van der Waals surface area contributed by atoms with Gasteiger partial charge in [-0.3, -0.25) is 14.6 Å². The van der Waals surface area contributed by atoms with Gasteiger partial charge in [-0.1, -0.05) is 29.8 Å². The number of methoxy groups -OCH3 is 1. The summed E-state index contributed by atoms with van der Waals surface area (Å²) in [5.74, 6) is 0.0853. The van der Waals surface area contributed by atoms with E-state index in [2.05, 4.69) is 53.2 Å². The highest BCUT2D eigenvalue weighted by molar-refractivity contribution is 5.78. The van der Waals surface area contributed by atoms with Gasteiger partial charge in [-0.2, -0.15) is 0 Å². The van der Waals surface area contributed by atoms with Crippen molar-refractivity contribution in [2.24, 2.45) is 0 Å². The standard InChI is InChI=1S/C18H29N3O2/c1-15-4-6-17(7-5-15)16(2)21-11-9-20(10-12-21)14-18(22)19-8-13-23-3/h4-7,16H,8-14H2,1-3H3,(H,19,22). The molecule has 1 aliphatic rings. The molecule has 1 heterocycles.